The third kappa shape index (κ3) is 1.97. The zero-order valence-electron chi connectivity index (χ0n) is 9.76. The minimum absolute atomic E-state index is 0.167. The Kier molecular flexibility index (Phi) is 2.19. The van der Waals surface area contributed by atoms with Crippen molar-refractivity contribution in [2.45, 2.75) is 0 Å². The molecule has 0 N–H and O–H groups in total. The van der Waals surface area contributed by atoms with Gasteiger partial charge in [0, 0.05) is 23.3 Å². The van der Waals surface area contributed by atoms with Gasteiger partial charge >= 0.3 is 0 Å². The van der Waals surface area contributed by atoms with E-state index in [1.165, 1.54) is 0 Å². The second-order valence-corrected chi connectivity index (χ2v) is 3.89. The van der Waals surface area contributed by atoms with Crippen LogP contribution in [0.3, 0.4) is 0 Å². The van der Waals surface area contributed by atoms with Crippen LogP contribution in [0.25, 0.3) is 22.2 Å². The summed E-state index contributed by atoms with van der Waals surface area (Å²) in [5, 5.41) is 1.14. The fourth-order valence-electron chi connectivity index (χ4n) is 1.64. The molecule has 3 aromatic rings. The number of rotatable bonds is 1. The molecule has 0 saturated heterocycles. The molecule has 1 aromatic carbocycles. The molecule has 0 saturated carbocycles. The van der Waals surface area contributed by atoms with Gasteiger partial charge in [0.2, 0.25) is 5.28 Å². The van der Waals surface area contributed by atoms with Crippen molar-refractivity contribution >= 4 is 22.5 Å². The maximum absolute atomic E-state index is 7.95. The van der Waals surface area contributed by atoms with E-state index < -0.39 is 0 Å². The van der Waals surface area contributed by atoms with Crippen LogP contribution in [0, 0.1) is 0 Å². The first kappa shape index (κ1) is 9.07. The van der Waals surface area contributed by atoms with E-state index in [1.54, 1.807) is 12.3 Å². The number of halogens is 1. The number of pyridine rings is 1. The average molecular weight is 243 g/mol. The molecule has 2 heterocycles. The average Bonchev–Trinajstić information content (AvgIpc) is 2.38. The first-order chi connectivity index (χ1) is 8.74. The summed E-state index contributed by atoms with van der Waals surface area (Å²) in [6.07, 6.45) is 1.75. The zero-order chi connectivity index (χ0) is 12.5. The van der Waals surface area contributed by atoms with E-state index in [-0.39, 0.29) is 11.5 Å². The maximum Gasteiger partial charge on any atom is 0.222 e. The van der Waals surface area contributed by atoms with Crippen LogP contribution in [0.4, 0.5) is 0 Å². The summed E-state index contributed by atoms with van der Waals surface area (Å²) < 4.78 is 7.95. The molecule has 3 rings (SSSR count). The number of nitrogens with zero attached hydrogens (tertiary/aromatic N) is 3. The Morgan fingerprint density at radius 2 is 2.00 bits per heavy atom. The molecular formula is C13H8ClN3. The van der Waals surface area contributed by atoms with E-state index >= 15 is 0 Å². The molecule has 0 amide bonds. The predicted molar refractivity (Wildman–Crippen MR) is 67.8 cm³/mol. The van der Waals surface area contributed by atoms with E-state index in [0.29, 0.717) is 11.3 Å². The van der Waals surface area contributed by atoms with E-state index in [4.69, 9.17) is 13.0 Å². The Balaban J connectivity index is 2.26. The number of aromatic nitrogens is 3. The van der Waals surface area contributed by atoms with E-state index in [0.717, 1.165) is 10.9 Å². The lowest BCUT2D eigenvalue weighted by Crippen LogP contribution is -1.88. The highest BCUT2D eigenvalue weighted by Gasteiger charge is 2.02. The highest BCUT2D eigenvalue weighted by atomic mass is 35.5. The molecule has 0 aliphatic rings. The second kappa shape index (κ2) is 4.11. The van der Waals surface area contributed by atoms with Crippen LogP contribution in [0.1, 0.15) is 1.37 Å². The predicted octanol–water partition coefficient (Wildman–Crippen LogP) is 3.35. The lowest BCUT2D eigenvalue weighted by molar-refractivity contribution is 1.17. The number of para-hydroxylation sites is 1. The molecule has 3 nitrogen and oxygen atoms in total. The van der Waals surface area contributed by atoms with Gasteiger partial charge in [-0.05, 0) is 29.8 Å². The fourth-order valence-corrected chi connectivity index (χ4v) is 1.78. The van der Waals surface area contributed by atoms with Crippen LogP contribution in [-0.4, -0.2) is 15.0 Å². The standard InChI is InChI=1S/C13H8ClN3/c14-13-15-6-5-12(17-13)10-7-9-3-1-2-4-11(9)16-8-10/h1-8H/i8D. The summed E-state index contributed by atoms with van der Waals surface area (Å²) in [4.78, 5) is 12.2. The third-order valence-electron chi connectivity index (χ3n) is 2.44. The zero-order valence-corrected chi connectivity index (χ0v) is 9.52. The van der Waals surface area contributed by atoms with E-state index in [9.17, 15) is 0 Å². The van der Waals surface area contributed by atoms with Crippen LogP contribution in [0.5, 0.6) is 0 Å². The van der Waals surface area contributed by atoms with Crippen molar-refractivity contribution in [3.8, 4) is 11.3 Å². The number of hydrogen-bond donors (Lipinski definition) is 0. The molecule has 4 heteroatoms. The topological polar surface area (TPSA) is 38.7 Å². The second-order valence-electron chi connectivity index (χ2n) is 3.55. The molecule has 82 valence electrons. The summed E-state index contributed by atoms with van der Waals surface area (Å²) >= 11 is 5.76. The molecule has 0 spiro atoms. The first-order valence-electron chi connectivity index (χ1n) is 5.59. The molecular weight excluding hydrogens is 234 g/mol. The van der Waals surface area contributed by atoms with Crippen LogP contribution in [0.15, 0.2) is 48.8 Å². The SMILES string of the molecule is [2H]c1nc2ccccc2cc1-c1ccnc(Cl)n1. The van der Waals surface area contributed by atoms with Gasteiger partial charge in [-0.3, -0.25) is 4.98 Å². The van der Waals surface area contributed by atoms with E-state index in [1.807, 2.05) is 30.3 Å². The van der Waals surface area contributed by atoms with Crippen molar-refractivity contribution in [3.05, 3.63) is 54.1 Å². The molecule has 0 radical (unpaired) electrons. The summed E-state index contributed by atoms with van der Waals surface area (Å²) in [5.41, 5.74) is 2.06. The van der Waals surface area contributed by atoms with Gasteiger partial charge in [-0.15, -0.1) is 0 Å². The summed E-state index contributed by atoms with van der Waals surface area (Å²) in [6.45, 7) is 0. The van der Waals surface area contributed by atoms with Crippen molar-refractivity contribution in [1.29, 1.82) is 0 Å². The van der Waals surface area contributed by atoms with E-state index in [2.05, 4.69) is 15.0 Å². The summed E-state index contributed by atoms with van der Waals surface area (Å²) in [7, 11) is 0. The molecule has 17 heavy (non-hydrogen) atoms. The van der Waals surface area contributed by atoms with Crippen LogP contribution >= 0.6 is 11.6 Å². The molecule has 0 atom stereocenters. The minimum Gasteiger partial charge on any atom is -0.256 e. The smallest absolute Gasteiger partial charge is 0.222 e. The monoisotopic (exact) mass is 242 g/mol. The van der Waals surface area contributed by atoms with Crippen molar-refractivity contribution in [2.75, 3.05) is 0 Å². The van der Waals surface area contributed by atoms with Crippen LogP contribution in [-0.2, 0) is 0 Å². The van der Waals surface area contributed by atoms with Crippen molar-refractivity contribution in [2.24, 2.45) is 0 Å². The lowest BCUT2D eigenvalue weighted by atomic mass is 10.1. The van der Waals surface area contributed by atoms with Crippen LogP contribution in [0.2, 0.25) is 5.28 Å². The molecule has 0 fully saturated rings. The van der Waals surface area contributed by atoms with Gasteiger partial charge in [-0.2, -0.15) is 0 Å². The van der Waals surface area contributed by atoms with Crippen LogP contribution < -0.4 is 0 Å². The molecule has 2 aromatic heterocycles. The quantitative estimate of drug-likeness (QED) is 0.615. The highest BCUT2D eigenvalue weighted by Crippen LogP contribution is 2.21. The fraction of sp³-hybridized carbons (Fsp3) is 0. The largest absolute Gasteiger partial charge is 0.256 e. The Morgan fingerprint density at radius 1 is 1.12 bits per heavy atom. The summed E-state index contributed by atoms with van der Waals surface area (Å²) in [6, 6.07) is 11.3. The van der Waals surface area contributed by atoms with Gasteiger partial charge in [0.15, 0.2) is 0 Å². The summed E-state index contributed by atoms with van der Waals surface area (Å²) in [5.74, 6) is 0. The number of fused-ring (bicyclic) bond motifs is 1. The van der Waals surface area contributed by atoms with Crippen molar-refractivity contribution < 1.29 is 1.37 Å². The molecule has 0 unspecified atom stereocenters. The lowest BCUT2D eigenvalue weighted by Gasteiger charge is -2.02. The highest BCUT2D eigenvalue weighted by molar-refractivity contribution is 6.28. The Labute approximate surface area is 105 Å². The van der Waals surface area contributed by atoms with Gasteiger partial charge in [0.05, 0.1) is 12.6 Å². The van der Waals surface area contributed by atoms with Gasteiger partial charge in [0.1, 0.15) is 0 Å². The first-order valence-corrected chi connectivity index (χ1v) is 5.47. The molecule has 0 aliphatic heterocycles. The van der Waals surface area contributed by atoms with Crippen molar-refractivity contribution in [3.63, 3.8) is 0 Å². The number of benzene rings is 1. The van der Waals surface area contributed by atoms with Gasteiger partial charge in [0.25, 0.3) is 0 Å². The Bertz CT molecular complexity index is 730. The van der Waals surface area contributed by atoms with Gasteiger partial charge in [-0.1, -0.05) is 18.2 Å². The Morgan fingerprint density at radius 3 is 2.88 bits per heavy atom. The van der Waals surface area contributed by atoms with Gasteiger partial charge < -0.3 is 0 Å². The Hall–Kier alpha value is -2.00. The maximum atomic E-state index is 7.95. The molecule has 0 aliphatic carbocycles. The third-order valence-corrected chi connectivity index (χ3v) is 2.62. The van der Waals surface area contributed by atoms with Gasteiger partial charge in [-0.25, -0.2) is 9.97 Å². The minimum atomic E-state index is 0.167. The number of hydrogen-bond acceptors (Lipinski definition) is 3. The van der Waals surface area contributed by atoms with Crippen molar-refractivity contribution in [1.82, 2.24) is 15.0 Å². The normalized spacial score (nSPS) is 11.5. The molecule has 0 bridgehead atoms.